The monoisotopic (exact) mass is 310 g/mol. The normalized spacial score (nSPS) is 11.3. The lowest BCUT2D eigenvalue weighted by Crippen LogP contribution is -2.39. The van der Waals surface area contributed by atoms with Gasteiger partial charge in [-0.15, -0.1) is 0 Å². The number of guanidine groups is 1. The molecule has 1 aromatic heterocycles. The Morgan fingerprint density at radius 2 is 2.14 bits per heavy atom. The van der Waals surface area contributed by atoms with Gasteiger partial charge >= 0.3 is 0 Å². The highest BCUT2D eigenvalue weighted by Crippen LogP contribution is 2.07. The summed E-state index contributed by atoms with van der Waals surface area (Å²) in [5, 5.41) is 9.14. The second-order valence-electron chi connectivity index (χ2n) is 4.72. The van der Waals surface area contributed by atoms with E-state index < -0.39 is 0 Å². The van der Waals surface area contributed by atoms with E-state index in [1.165, 1.54) is 6.26 Å². The van der Waals surface area contributed by atoms with E-state index in [0.29, 0.717) is 32.0 Å². The van der Waals surface area contributed by atoms with Gasteiger partial charge in [0.1, 0.15) is 0 Å². The van der Waals surface area contributed by atoms with Gasteiger partial charge in [-0.3, -0.25) is 9.79 Å². The van der Waals surface area contributed by atoms with Crippen LogP contribution in [0.3, 0.4) is 0 Å². The Balaban J connectivity index is 2.25. The maximum atomic E-state index is 11.8. The Morgan fingerprint density at radius 1 is 1.32 bits per heavy atom. The number of ether oxygens (including phenoxy) is 1. The van der Waals surface area contributed by atoms with E-state index in [1.54, 1.807) is 13.2 Å². The fourth-order valence-electron chi connectivity index (χ4n) is 1.77. The molecule has 124 valence electrons. The van der Waals surface area contributed by atoms with Gasteiger partial charge in [0.15, 0.2) is 11.7 Å². The maximum absolute atomic E-state index is 11.8. The second kappa shape index (κ2) is 10.7. The number of rotatable bonds is 9. The van der Waals surface area contributed by atoms with Crippen LogP contribution in [-0.4, -0.2) is 51.8 Å². The number of amides is 1. The van der Waals surface area contributed by atoms with Crippen LogP contribution in [0.4, 0.5) is 0 Å². The van der Waals surface area contributed by atoms with Gasteiger partial charge < -0.3 is 25.1 Å². The third-order valence-electron chi connectivity index (χ3n) is 2.90. The molecule has 7 heteroatoms. The molecular weight excluding hydrogens is 284 g/mol. The minimum atomic E-state index is -0.184. The molecular formula is C15H26N4O3. The number of furan rings is 1. The standard InChI is InChI=1S/C15H26N4O3/c1-4-16-15(19-9-11-21-3)18-8-5-7-17-14(20)13-12(2)6-10-22-13/h6,10H,4-5,7-9,11H2,1-3H3,(H,17,20)(H2,16,18,19). The van der Waals surface area contributed by atoms with Gasteiger partial charge in [0.05, 0.1) is 12.9 Å². The molecule has 0 spiro atoms. The molecule has 0 saturated carbocycles. The van der Waals surface area contributed by atoms with Crippen molar-refractivity contribution in [3.63, 3.8) is 0 Å². The molecule has 0 radical (unpaired) electrons. The number of hydrogen-bond donors (Lipinski definition) is 3. The Bertz CT molecular complexity index is 471. The largest absolute Gasteiger partial charge is 0.459 e. The molecule has 1 heterocycles. The topological polar surface area (TPSA) is 87.9 Å². The molecule has 0 aromatic carbocycles. The zero-order chi connectivity index (χ0) is 16.2. The average molecular weight is 310 g/mol. The van der Waals surface area contributed by atoms with E-state index in [9.17, 15) is 4.79 Å². The minimum absolute atomic E-state index is 0.184. The molecule has 0 bridgehead atoms. The van der Waals surface area contributed by atoms with Crippen molar-refractivity contribution in [3.8, 4) is 0 Å². The predicted molar refractivity (Wildman–Crippen MR) is 86.3 cm³/mol. The van der Waals surface area contributed by atoms with E-state index in [0.717, 1.165) is 24.5 Å². The summed E-state index contributed by atoms with van der Waals surface area (Å²) in [6.45, 7) is 7.17. The molecule has 0 aliphatic heterocycles. The van der Waals surface area contributed by atoms with Crippen LogP contribution in [0, 0.1) is 6.92 Å². The van der Waals surface area contributed by atoms with Crippen molar-refractivity contribution >= 4 is 11.9 Å². The molecule has 1 aromatic rings. The molecule has 7 nitrogen and oxygen atoms in total. The summed E-state index contributed by atoms with van der Waals surface area (Å²) in [4.78, 5) is 16.2. The minimum Gasteiger partial charge on any atom is -0.459 e. The van der Waals surface area contributed by atoms with Crippen molar-refractivity contribution in [2.75, 3.05) is 39.9 Å². The summed E-state index contributed by atoms with van der Waals surface area (Å²) in [5.41, 5.74) is 0.840. The first-order chi connectivity index (χ1) is 10.7. The summed E-state index contributed by atoms with van der Waals surface area (Å²) in [6, 6.07) is 1.77. The first-order valence-corrected chi connectivity index (χ1v) is 7.52. The van der Waals surface area contributed by atoms with Gasteiger partial charge in [0.25, 0.3) is 5.91 Å². The average Bonchev–Trinajstić information content (AvgIpc) is 2.93. The van der Waals surface area contributed by atoms with Crippen molar-refractivity contribution in [2.24, 2.45) is 4.99 Å². The van der Waals surface area contributed by atoms with Gasteiger partial charge in [-0.25, -0.2) is 0 Å². The number of aryl methyl sites for hydroxylation is 1. The highest BCUT2D eigenvalue weighted by atomic mass is 16.5. The Morgan fingerprint density at radius 3 is 2.77 bits per heavy atom. The zero-order valence-electron chi connectivity index (χ0n) is 13.6. The Hall–Kier alpha value is -2.02. The number of carbonyl (C=O) groups excluding carboxylic acids is 1. The molecule has 1 rings (SSSR count). The summed E-state index contributed by atoms with van der Waals surface area (Å²) >= 11 is 0. The summed E-state index contributed by atoms with van der Waals surface area (Å²) in [5.74, 6) is 0.947. The third kappa shape index (κ3) is 6.62. The van der Waals surface area contributed by atoms with Gasteiger partial charge in [-0.2, -0.15) is 0 Å². The summed E-state index contributed by atoms with van der Waals surface area (Å²) in [6.07, 6.45) is 2.27. The summed E-state index contributed by atoms with van der Waals surface area (Å²) < 4.78 is 10.1. The smallest absolute Gasteiger partial charge is 0.287 e. The van der Waals surface area contributed by atoms with Crippen LogP contribution in [0.25, 0.3) is 0 Å². The van der Waals surface area contributed by atoms with Crippen molar-refractivity contribution in [3.05, 3.63) is 23.7 Å². The molecule has 0 aliphatic carbocycles. The highest BCUT2D eigenvalue weighted by molar-refractivity contribution is 5.92. The van der Waals surface area contributed by atoms with Crippen LogP contribution in [0.5, 0.6) is 0 Å². The van der Waals surface area contributed by atoms with E-state index >= 15 is 0 Å². The van der Waals surface area contributed by atoms with Crippen LogP contribution in [0.1, 0.15) is 29.5 Å². The Kier molecular flexibility index (Phi) is 8.74. The number of hydrogen-bond acceptors (Lipinski definition) is 4. The predicted octanol–water partition coefficient (Wildman–Crippen LogP) is 0.909. The molecule has 0 unspecified atom stereocenters. The number of nitrogens with one attached hydrogen (secondary N) is 3. The number of carbonyl (C=O) groups is 1. The van der Waals surface area contributed by atoms with Gasteiger partial charge in [-0.1, -0.05) is 0 Å². The highest BCUT2D eigenvalue weighted by Gasteiger charge is 2.11. The van der Waals surface area contributed by atoms with Crippen LogP contribution in [0.2, 0.25) is 0 Å². The van der Waals surface area contributed by atoms with Crippen LogP contribution in [0.15, 0.2) is 21.7 Å². The van der Waals surface area contributed by atoms with Gasteiger partial charge in [0, 0.05) is 38.9 Å². The number of aliphatic imine (C=N–C) groups is 1. The van der Waals surface area contributed by atoms with Crippen LogP contribution < -0.4 is 16.0 Å². The van der Waals surface area contributed by atoms with E-state index in [4.69, 9.17) is 9.15 Å². The van der Waals surface area contributed by atoms with Crippen molar-refractivity contribution in [1.82, 2.24) is 16.0 Å². The number of methoxy groups -OCH3 is 1. The fourth-order valence-corrected chi connectivity index (χ4v) is 1.77. The summed E-state index contributed by atoms with van der Waals surface area (Å²) in [7, 11) is 1.66. The molecule has 0 saturated heterocycles. The molecule has 0 fully saturated rings. The van der Waals surface area contributed by atoms with E-state index in [1.807, 2.05) is 13.8 Å². The van der Waals surface area contributed by atoms with E-state index in [-0.39, 0.29) is 5.91 Å². The van der Waals surface area contributed by atoms with Crippen molar-refractivity contribution < 1.29 is 13.9 Å². The van der Waals surface area contributed by atoms with Crippen LogP contribution >= 0.6 is 0 Å². The lowest BCUT2D eigenvalue weighted by atomic mass is 10.2. The third-order valence-corrected chi connectivity index (χ3v) is 2.90. The van der Waals surface area contributed by atoms with Crippen molar-refractivity contribution in [2.45, 2.75) is 20.3 Å². The first kappa shape index (κ1) is 18.0. The molecule has 0 aliphatic rings. The molecule has 0 atom stereocenters. The van der Waals surface area contributed by atoms with E-state index in [2.05, 4.69) is 20.9 Å². The number of nitrogens with zero attached hydrogens (tertiary/aromatic N) is 1. The quantitative estimate of drug-likeness (QED) is 0.358. The molecule has 3 N–H and O–H groups in total. The lowest BCUT2D eigenvalue weighted by molar-refractivity contribution is 0.0925. The van der Waals surface area contributed by atoms with Crippen molar-refractivity contribution in [1.29, 1.82) is 0 Å². The molecule has 22 heavy (non-hydrogen) atoms. The first-order valence-electron chi connectivity index (χ1n) is 7.52. The van der Waals surface area contributed by atoms with Gasteiger partial charge in [0.2, 0.25) is 0 Å². The van der Waals surface area contributed by atoms with Crippen LogP contribution in [-0.2, 0) is 4.74 Å². The maximum Gasteiger partial charge on any atom is 0.287 e. The molecule has 1 amide bonds. The second-order valence-corrected chi connectivity index (χ2v) is 4.72. The zero-order valence-corrected chi connectivity index (χ0v) is 13.6. The Labute approximate surface area is 131 Å². The van der Waals surface area contributed by atoms with Gasteiger partial charge in [-0.05, 0) is 26.3 Å². The lowest BCUT2D eigenvalue weighted by Gasteiger charge is -2.10. The SMILES string of the molecule is CCNC(=NCCCNC(=O)c1occc1C)NCCOC. The fraction of sp³-hybridized carbons (Fsp3) is 0.600.